The molecule has 1 aromatic heterocycles. The number of benzene rings is 1. The second-order valence-electron chi connectivity index (χ2n) is 11.5. The molecular weight excluding hydrogens is 522 g/mol. The number of Topliss-reactive ketones (excluding diaryl/α,β-unsaturated/α-hetero) is 1. The molecule has 2 aromatic rings. The minimum atomic E-state index is -0.862. The molecule has 5 nitrogen and oxygen atoms in total. The van der Waals surface area contributed by atoms with E-state index in [9.17, 15) is 9.59 Å². The van der Waals surface area contributed by atoms with Gasteiger partial charge in [0.05, 0.1) is 11.5 Å². The summed E-state index contributed by atoms with van der Waals surface area (Å²) in [5.41, 5.74) is 6.63. The maximum absolute atomic E-state index is 14.4. The number of rotatable bonds is 8. The van der Waals surface area contributed by atoms with Crippen LogP contribution in [0.2, 0.25) is 0 Å². The first-order chi connectivity index (χ1) is 16.4. The van der Waals surface area contributed by atoms with E-state index in [0.717, 1.165) is 52.4 Å². The Kier molecular flexibility index (Phi) is 7.64. The van der Waals surface area contributed by atoms with Gasteiger partial charge >= 0.3 is 0 Å². The van der Waals surface area contributed by atoms with Crippen molar-refractivity contribution >= 4 is 39.0 Å². The van der Waals surface area contributed by atoms with Gasteiger partial charge in [-0.25, -0.2) is 0 Å². The van der Waals surface area contributed by atoms with Crippen molar-refractivity contribution in [2.75, 3.05) is 26.2 Å². The van der Waals surface area contributed by atoms with Gasteiger partial charge in [0.1, 0.15) is 0 Å². The summed E-state index contributed by atoms with van der Waals surface area (Å²) in [4.78, 5) is 31.0. The third-order valence-corrected chi connectivity index (χ3v) is 10.5. The second-order valence-corrected chi connectivity index (χ2v) is 13.3. The van der Waals surface area contributed by atoms with Gasteiger partial charge in [0.15, 0.2) is 5.78 Å². The Bertz CT molecular complexity index is 1090. The van der Waals surface area contributed by atoms with Crippen molar-refractivity contribution < 1.29 is 9.59 Å². The lowest BCUT2D eigenvalue weighted by Crippen LogP contribution is -2.43. The number of thiophene rings is 1. The molecule has 2 fully saturated rings. The molecule has 0 bridgehead atoms. The second kappa shape index (κ2) is 10.1. The number of nitrogens with two attached hydrogens (primary N) is 1. The van der Waals surface area contributed by atoms with Gasteiger partial charge in [-0.3, -0.25) is 14.5 Å². The van der Waals surface area contributed by atoms with Gasteiger partial charge in [-0.15, -0.1) is 11.3 Å². The van der Waals surface area contributed by atoms with E-state index in [1.54, 1.807) is 11.3 Å². The SMILES string of the molecule is CC(C)(C)c1sc(C(C)(C)C(N)=O)c(Br)c1C(=O)[C@@H]1[C@@H]2CNCC2CN1CC[CH]c1ccccc1. The first-order valence-corrected chi connectivity index (χ1v) is 14.0. The summed E-state index contributed by atoms with van der Waals surface area (Å²) in [6.07, 6.45) is 3.15. The normalized spacial score (nSPS) is 23.0. The van der Waals surface area contributed by atoms with Crippen LogP contribution in [0.4, 0.5) is 0 Å². The van der Waals surface area contributed by atoms with E-state index in [2.05, 4.69) is 77.6 Å². The Morgan fingerprint density at radius 1 is 1.14 bits per heavy atom. The molecule has 3 heterocycles. The number of nitrogens with one attached hydrogen (secondary N) is 1. The molecule has 1 radical (unpaired) electrons. The van der Waals surface area contributed by atoms with E-state index in [4.69, 9.17) is 5.73 Å². The smallest absolute Gasteiger partial charge is 0.228 e. The van der Waals surface area contributed by atoms with Gasteiger partial charge in [0, 0.05) is 32.9 Å². The first kappa shape index (κ1) is 26.5. The predicted molar refractivity (Wildman–Crippen MR) is 147 cm³/mol. The minimum absolute atomic E-state index is 0.167. The molecule has 2 aliphatic rings. The van der Waals surface area contributed by atoms with Crippen LogP contribution in [0, 0.1) is 18.3 Å². The zero-order valence-corrected chi connectivity index (χ0v) is 23.8. The van der Waals surface area contributed by atoms with Crippen LogP contribution in [0.25, 0.3) is 0 Å². The summed E-state index contributed by atoms with van der Waals surface area (Å²) in [6.45, 7) is 13.7. The van der Waals surface area contributed by atoms with E-state index >= 15 is 0 Å². The number of carbonyl (C=O) groups excluding carboxylic acids is 2. The van der Waals surface area contributed by atoms with Gasteiger partial charge in [0.2, 0.25) is 5.91 Å². The number of nitrogens with zero attached hydrogens (tertiary/aromatic N) is 1. The highest BCUT2D eigenvalue weighted by atomic mass is 79.9. The van der Waals surface area contributed by atoms with Crippen molar-refractivity contribution in [3.8, 4) is 0 Å². The number of fused-ring (bicyclic) bond motifs is 1. The lowest BCUT2D eigenvalue weighted by Gasteiger charge is -2.28. The maximum atomic E-state index is 14.4. The Balaban J connectivity index is 1.67. The average Bonchev–Trinajstić information content (AvgIpc) is 3.46. The van der Waals surface area contributed by atoms with E-state index < -0.39 is 11.3 Å². The van der Waals surface area contributed by atoms with Crippen molar-refractivity contribution in [3.05, 3.63) is 62.1 Å². The van der Waals surface area contributed by atoms with Crippen molar-refractivity contribution in [2.24, 2.45) is 17.6 Å². The highest BCUT2D eigenvalue weighted by molar-refractivity contribution is 9.10. The fourth-order valence-corrected chi connectivity index (χ4v) is 8.03. The molecule has 35 heavy (non-hydrogen) atoms. The summed E-state index contributed by atoms with van der Waals surface area (Å²) in [6, 6.07) is 10.2. The van der Waals surface area contributed by atoms with E-state index in [0.29, 0.717) is 11.8 Å². The fraction of sp³-hybridized carbons (Fsp3) is 0.536. The van der Waals surface area contributed by atoms with Crippen LogP contribution >= 0.6 is 27.3 Å². The lowest BCUT2D eigenvalue weighted by atomic mass is 9.83. The maximum Gasteiger partial charge on any atom is 0.228 e. The van der Waals surface area contributed by atoms with Gasteiger partial charge in [0.25, 0.3) is 0 Å². The standard InChI is InChI=1S/C28H37BrN3O2S/c1-27(2,3)24-20(21(29)25(35-24)28(4,5)26(30)34)23(33)22-19-15-31-14-18(19)16-32(22)13-9-12-17-10-7-6-8-11-17/h6-8,10-12,18-19,22,31H,9,13-16H2,1-5H3,(H2,30,34)/t18?,19-,22+/m1/s1. The number of hydrogen-bond donors (Lipinski definition) is 2. The number of ketones is 1. The number of hydrogen-bond acceptors (Lipinski definition) is 5. The highest BCUT2D eigenvalue weighted by Gasteiger charge is 2.49. The van der Waals surface area contributed by atoms with Crippen LogP contribution < -0.4 is 11.1 Å². The third-order valence-electron chi connectivity index (χ3n) is 7.49. The molecule has 7 heteroatoms. The molecule has 3 atom stereocenters. The molecule has 2 saturated heterocycles. The molecule has 1 aromatic carbocycles. The molecule has 2 aliphatic heterocycles. The van der Waals surface area contributed by atoms with Crippen LogP contribution in [0.3, 0.4) is 0 Å². The Morgan fingerprint density at radius 2 is 1.83 bits per heavy atom. The molecule has 0 aliphatic carbocycles. The van der Waals surface area contributed by atoms with Crippen LogP contribution in [0.1, 0.15) is 66.7 Å². The summed E-state index contributed by atoms with van der Waals surface area (Å²) in [5.74, 6) is 0.558. The van der Waals surface area contributed by atoms with E-state index in [1.807, 2.05) is 19.9 Å². The Morgan fingerprint density at radius 3 is 2.46 bits per heavy atom. The highest BCUT2D eigenvalue weighted by Crippen LogP contribution is 2.47. The summed E-state index contributed by atoms with van der Waals surface area (Å²) in [7, 11) is 0. The van der Waals surface area contributed by atoms with Crippen LogP contribution in [0.5, 0.6) is 0 Å². The van der Waals surface area contributed by atoms with Crippen LogP contribution in [-0.4, -0.2) is 48.8 Å². The number of halogens is 1. The molecule has 0 saturated carbocycles. The average molecular weight is 560 g/mol. The van der Waals surface area contributed by atoms with Crippen molar-refractivity contribution in [1.29, 1.82) is 0 Å². The number of primary amides is 1. The minimum Gasteiger partial charge on any atom is -0.369 e. The van der Waals surface area contributed by atoms with Crippen LogP contribution in [0.15, 0.2) is 34.8 Å². The van der Waals surface area contributed by atoms with Crippen molar-refractivity contribution in [1.82, 2.24) is 10.2 Å². The topological polar surface area (TPSA) is 75.4 Å². The number of carbonyl (C=O) groups is 2. The van der Waals surface area contributed by atoms with Crippen molar-refractivity contribution in [2.45, 2.75) is 57.9 Å². The summed E-state index contributed by atoms with van der Waals surface area (Å²) < 4.78 is 0.742. The fourth-order valence-electron chi connectivity index (χ4n) is 5.41. The summed E-state index contributed by atoms with van der Waals surface area (Å²) in [5, 5.41) is 3.51. The van der Waals surface area contributed by atoms with E-state index in [-0.39, 0.29) is 17.2 Å². The molecule has 1 amide bonds. The molecule has 3 N–H and O–H groups in total. The first-order valence-electron chi connectivity index (χ1n) is 12.4. The zero-order valence-electron chi connectivity index (χ0n) is 21.4. The molecular formula is C28H37BrN3O2S. The van der Waals surface area contributed by atoms with E-state index in [1.165, 1.54) is 5.56 Å². The molecule has 4 rings (SSSR count). The lowest BCUT2D eigenvalue weighted by molar-refractivity contribution is -0.122. The van der Waals surface area contributed by atoms with Gasteiger partial charge < -0.3 is 11.1 Å². The Labute approximate surface area is 222 Å². The largest absolute Gasteiger partial charge is 0.369 e. The molecule has 1 unspecified atom stereocenters. The monoisotopic (exact) mass is 558 g/mol. The summed E-state index contributed by atoms with van der Waals surface area (Å²) >= 11 is 5.31. The van der Waals surface area contributed by atoms with Gasteiger partial charge in [-0.2, -0.15) is 0 Å². The van der Waals surface area contributed by atoms with Gasteiger partial charge in [-0.05, 0) is 78.5 Å². The molecule has 0 spiro atoms. The predicted octanol–water partition coefficient (Wildman–Crippen LogP) is 4.92. The quantitative estimate of drug-likeness (QED) is 0.451. The van der Waals surface area contributed by atoms with Crippen molar-refractivity contribution in [3.63, 3.8) is 0 Å². The van der Waals surface area contributed by atoms with Crippen LogP contribution in [-0.2, 0) is 15.6 Å². The third kappa shape index (κ3) is 5.15. The Hall–Kier alpha value is -1.54. The van der Waals surface area contributed by atoms with Gasteiger partial charge in [-0.1, -0.05) is 51.1 Å². The zero-order chi connectivity index (χ0) is 25.5. The number of likely N-dealkylation sites (tertiary alicyclic amines) is 1. The molecule has 189 valence electrons. The number of amides is 1.